The van der Waals surface area contributed by atoms with Crippen LogP contribution in [-0.2, 0) is 6.54 Å². The van der Waals surface area contributed by atoms with Crippen molar-refractivity contribution in [3.8, 4) is 5.88 Å². The molecule has 2 heterocycles. The number of carbonyl (C=O) groups excluding carboxylic acids is 1. The first kappa shape index (κ1) is 18.6. The maximum atomic E-state index is 13.2. The van der Waals surface area contributed by atoms with Gasteiger partial charge in [0.2, 0.25) is 5.88 Å². The molecule has 7 heteroatoms. The van der Waals surface area contributed by atoms with Crippen LogP contribution >= 0.6 is 0 Å². The molecule has 0 atom stereocenters. The average molecular weight is 391 g/mol. The van der Waals surface area contributed by atoms with Crippen molar-refractivity contribution in [1.82, 2.24) is 4.57 Å². The molecule has 4 rings (SSSR count). The second-order valence-electron chi connectivity index (χ2n) is 6.73. The summed E-state index contributed by atoms with van der Waals surface area (Å²) in [5.41, 5.74) is 2.08. The number of aromatic nitrogens is 1. The minimum atomic E-state index is -0.547. The topological polar surface area (TPSA) is 80.1 Å². The Morgan fingerprint density at radius 3 is 2.55 bits per heavy atom. The van der Waals surface area contributed by atoms with Gasteiger partial charge in [-0.05, 0) is 43.7 Å². The van der Waals surface area contributed by atoms with Gasteiger partial charge in [-0.25, -0.2) is 4.39 Å². The van der Waals surface area contributed by atoms with Crippen LogP contribution in [0.25, 0.3) is 10.9 Å². The van der Waals surface area contributed by atoms with E-state index in [1.165, 1.54) is 12.1 Å². The number of nitrogens with zero attached hydrogens (tertiary/aromatic N) is 3. The van der Waals surface area contributed by atoms with Crippen molar-refractivity contribution in [3.63, 3.8) is 0 Å². The molecule has 146 valence electrons. The van der Waals surface area contributed by atoms with E-state index in [0.717, 1.165) is 11.1 Å². The number of hydrogen-bond donors (Lipinski definition) is 1. The second kappa shape index (κ2) is 7.35. The molecular formula is C22H18FN3O3. The molecule has 4 aromatic rings. The van der Waals surface area contributed by atoms with Crippen LogP contribution in [0.3, 0.4) is 0 Å². The smallest absolute Gasteiger partial charge is 0.298 e. The van der Waals surface area contributed by atoms with Crippen LogP contribution in [0.4, 0.5) is 10.1 Å². The Bertz CT molecular complexity index is 1240. The van der Waals surface area contributed by atoms with Crippen LogP contribution in [0.1, 0.15) is 27.4 Å². The van der Waals surface area contributed by atoms with Gasteiger partial charge in [-0.3, -0.25) is 4.79 Å². The largest absolute Gasteiger partial charge is 0.493 e. The molecule has 2 aromatic carbocycles. The standard InChI is InChI=1S/C22H18FN3O3/c1-13-11-18(14(2)29-13)21(27)25-24-20-17-5-3-4-6-19(17)26(22(20)28)12-15-7-9-16(23)10-8-15/h3-11,28H,12H2,1-2H3. The lowest BCUT2D eigenvalue weighted by atomic mass is 10.2. The third kappa shape index (κ3) is 3.54. The Balaban J connectivity index is 1.73. The molecule has 0 aliphatic heterocycles. The molecule has 0 spiro atoms. The second-order valence-corrected chi connectivity index (χ2v) is 6.73. The summed E-state index contributed by atoms with van der Waals surface area (Å²) in [4.78, 5) is 12.4. The summed E-state index contributed by atoms with van der Waals surface area (Å²) in [5.74, 6) is 0.0867. The highest BCUT2D eigenvalue weighted by Gasteiger charge is 2.18. The number of amides is 1. The van der Waals surface area contributed by atoms with Crippen LogP contribution in [0.5, 0.6) is 5.88 Å². The van der Waals surface area contributed by atoms with E-state index >= 15 is 0 Å². The Morgan fingerprint density at radius 1 is 1.14 bits per heavy atom. The van der Waals surface area contributed by atoms with Crippen molar-refractivity contribution in [2.45, 2.75) is 20.4 Å². The van der Waals surface area contributed by atoms with Crippen molar-refractivity contribution >= 4 is 22.5 Å². The number of halogens is 1. The number of furan rings is 1. The molecule has 0 saturated heterocycles. The van der Waals surface area contributed by atoms with E-state index in [1.807, 2.05) is 18.2 Å². The van der Waals surface area contributed by atoms with E-state index in [1.54, 1.807) is 42.7 Å². The lowest BCUT2D eigenvalue weighted by molar-refractivity contribution is 0.0993. The maximum absolute atomic E-state index is 13.2. The molecule has 2 aromatic heterocycles. The van der Waals surface area contributed by atoms with E-state index in [9.17, 15) is 14.3 Å². The zero-order chi connectivity index (χ0) is 20.5. The van der Waals surface area contributed by atoms with Gasteiger partial charge in [0.05, 0.1) is 17.6 Å². The summed E-state index contributed by atoms with van der Waals surface area (Å²) < 4.78 is 20.2. The fraction of sp³-hybridized carbons (Fsp3) is 0.136. The predicted octanol–water partition coefficient (Wildman–Crippen LogP) is 5.67. The number of fused-ring (bicyclic) bond motifs is 1. The summed E-state index contributed by atoms with van der Waals surface area (Å²) >= 11 is 0. The maximum Gasteiger partial charge on any atom is 0.298 e. The minimum Gasteiger partial charge on any atom is -0.493 e. The average Bonchev–Trinajstić information content (AvgIpc) is 3.18. The summed E-state index contributed by atoms with van der Waals surface area (Å²) in [6.45, 7) is 3.74. The van der Waals surface area contributed by atoms with Gasteiger partial charge in [-0.1, -0.05) is 30.3 Å². The molecule has 0 unspecified atom stereocenters. The highest BCUT2D eigenvalue weighted by atomic mass is 19.1. The number of hydrogen-bond acceptors (Lipinski definition) is 4. The van der Waals surface area contributed by atoms with Gasteiger partial charge in [0.15, 0.2) is 5.69 Å². The van der Waals surface area contributed by atoms with E-state index in [2.05, 4.69) is 10.2 Å². The van der Waals surface area contributed by atoms with Crippen molar-refractivity contribution < 1.29 is 18.7 Å². The van der Waals surface area contributed by atoms with E-state index in [4.69, 9.17) is 4.42 Å². The van der Waals surface area contributed by atoms with Gasteiger partial charge < -0.3 is 14.1 Å². The molecule has 6 nitrogen and oxygen atoms in total. The normalized spacial score (nSPS) is 11.6. The van der Waals surface area contributed by atoms with Gasteiger partial charge in [0.1, 0.15) is 17.3 Å². The third-order valence-corrected chi connectivity index (χ3v) is 4.68. The monoisotopic (exact) mass is 391 g/mol. The Morgan fingerprint density at radius 2 is 1.86 bits per heavy atom. The number of rotatable bonds is 4. The minimum absolute atomic E-state index is 0.118. The van der Waals surface area contributed by atoms with E-state index in [-0.39, 0.29) is 17.4 Å². The highest BCUT2D eigenvalue weighted by molar-refractivity contribution is 5.98. The Labute approximate surface area is 165 Å². The Kier molecular flexibility index (Phi) is 4.72. The SMILES string of the molecule is Cc1cc(C(=O)N=Nc2c(O)n(Cc3ccc(F)cc3)c3ccccc23)c(C)o1. The first-order valence-corrected chi connectivity index (χ1v) is 9.02. The molecule has 0 aliphatic rings. The zero-order valence-electron chi connectivity index (χ0n) is 15.9. The van der Waals surface area contributed by atoms with Gasteiger partial charge in [0, 0.05) is 5.39 Å². The number of benzene rings is 2. The lowest BCUT2D eigenvalue weighted by Crippen LogP contribution is -1.98. The molecule has 0 saturated carbocycles. The highest BCUT2D eigenvalue weighted by Crippen LogP contribution is 2.39. The Hall–Kier alpha value is -3.74. The third-order valence-electron chi connectivity index (χ3n) is 4.68. The van der Waals surface area contributed by atoms with Crippen molar-refractivity contribution in [2.75, 3.05) is 0 Å². The zero-order valence-corrected chi connectivity index (χ0v) is 15.9. The van der Waals surface area contributed by atoms with Crippen molar-refractivity contribution in [3.05, 3.63) is 83.1 Å². The summed E-state index contributed by atoms with van der Waals surface area (Å²) in [5, 5.41) is 19.3. The van der Waals surface area contributed by atoms with Crippen molar-refractivity contribution in [2.24, 2.45) is 10.2 Å². The molecule has 0 fully saturated rings. The van der Waals surface area contributed by atoms with Crippen LogP contribution in [0.15, 0.2) is 69.2 Å². The van der Waals surface area contributed by atoms with Crippen LogP contribution < -0.4 is 0 Å². The van der Waals surface area contributed by atoms with Crippen LogP contribution in [-0.4, -0.2) is 15.6 Å². The molecule has 0 aliphatic carbocycles. The number of para-hydroxylation sites is 1. The van der Waals surface area contributed by atoms with Gasteiger partial charge in [0.25, 0.3) is 5.91 Å². The number of carbonyl (C=O) groups is 1. The molecule has 1 N–H and O–H groups in total. The fourth-order valence-electron chi connectivity index (χ4n) is 3.30. The lowest BCUT2D eigenvalue weighted by Gasteiger charge is -2.07. The van der Waals surface area contributed by atoms with Crippen LogP contribution in [0.2, 0.25) is 0 Å². The van der Waals surface area contributed by atoms with Gasteiger partial charge in [-0.2, -0.15) is 0 Å². The predicted molar refractivity (Wildman–Crippen MR) is 106 cm³/mol. The number of aryl methyl sites for hydroxylation is 2. The van der Waals surface area contributed by atoms with E-state index in [0.29, 0.717) is 29.0 Å². The van der Waals surface area contributed by atoms with Gasteiger partial charge >= 0.3 is 0 Å². The summed E-state index contributed by atoms with van der Waals surface area (Å²) in [6, 6.07) is 14.9. The first-order chi connectivity index (χ1) is 13.9. The number of aromatic hydroxyl groups is 1. The summed E-state index contributed by atoms with van der Waals surface area (Å²) in [7, 11) is 0. The first-order valence-electron chi connectivity index (χ1n) is 9.02. The van der Waals surface area contributed by atoms with Gasteiger partial charge in [-0.15, -0.1) is 10.2 Å². The van der Waals surface area contributed by atoms with Crippen molar-refractivity contribution in [1.29, 1.82) is 0 Å². The molecule has 1 amide bonds. The van der Waals surface area contributed by atoms with E-state index < -0.39 is 5.91 Å². The molecule has 29 heavy (non-hydrogen) atoms. The number of azo groups is 1. The molecular weight excluding hydrogens is 373 g/mol. The molecule has 0 radical (unpaired) electrons. The van der Waals surface area contributed by atoms with Crippen LogP contribution in [0, 0.1) is 19.7 Å². The summed E-state index contributed by atoms with van der Waals surface area (Å²) in [6.07, 6.45) is 0. The molecule has 0 bridgehead atoms. The fourth-order valence-corrected chi connectivity index (χ4v) is 3.30. The quantitative estimate of drug-likeness (QED) is 0.455.